The van der Waals surface area contributed by atoms with Gasteiger partial charge in [0.25, 0.3) is 0 Å². The summed E-state index contributed by atoms with van der Waals surface area (Å²) in [5.74, 6) is 0.0121. The average Bonchev–Trinajstić information content (AvgIpc) is 2.88. The van der Waals surface area contributed by atoms with Gasteiger partial charge < -0.3 is 4.74 Å². The third kappa shape index (κ3) is 3.46. The Morgan fingerprint density at radius 1 is 1.30 bits per heavy atom. The Morgan fingerprint density at radius 2 is 2.10 bits per heavy atom. The normalized spacial score (nSPS) is 14.7. The van der Waals surface area contributed by atoms with Gasteiger partial charge in [-0.2, -0.15) is 10.2 Å². The molecule has 2 heterocycles. The van der Waals surface area contributed by atoms with Crippen molar-refractivity contribution in [2.24, 2.45) is 0 Å². The van der Waals surface area contributed by atoms with E-state index in [1.54, 1.807) is 24.3 Å². The largest absolute Gasteiger partial charge is 0.447 e. The second kappa shape index (κ2) is 8.08. The second-order valence-corrected chi connectivity index (χ2v) is 7.63. The predicted octanol–water partition coefficient (Wildman–Crippen LogP) is 4.11. The number of fused-ring (bicyclic) bond motifs is 3. The van der Waals surface area contributed by atoms with Crippen LogP contribution in [-0.4, -0.2) is 26.8 Å². The molecule has 7 nitrogen and oxygen atoms in total. The number of halogens is 1. The highest BCUT2D eigenvalue weighted by molar-refractivity contribution is 7.99. The molecule has 1 aromatic heterocycles. The number of hydrogen-bond acceptors (Lipinski definition) is 7. The summed E-state index contributed by atoms with van der Waals surface area (Å²) in [6.45, 7) is 3.33. The molecule has 1 aliphatic heterocycles. The summed E-state index contributed by atoms with van der Waals surface area (Å²) in [6.07, 6.45) is -0.986. The van der Waals surface area contributed by atoms with E-state index in [-0.39, 0.29) is 17.5 Å². The van der Waals surface area contributed by atoms with Crippen molar-refractivity contribution >= 4 is 23.4 Å². The van der Waals surface area contributed by atoms with Gasteiger partial charge in [-0.1, -0.05) is 36.9 Å². The van der Waals surface area contributed by atoms with Crippen molar-refractivity contribution in [3.8, 4) is 23.2 Å². The van der Waals surface area contributed by atoms with Gasteiger partial charge in [0, 0.05) is 18.1 Å². The van der Waals surface area contributed by atoms with Crippen LogP contribution in [0.1, 0.15) is 31.2 Å². The molecule has 4 rings (SSSR count). The minimum atomic E-state index is -0.986. The Bertz CT molecular complexity index is 1180. The molecule has 3 aromatic rings. The van der Waals surface area contributed by atoms with Crippen LogP contribution in [0.4, 0.5) is 10.1 Å². The summed E-state index contributed by atoms with van der Waals surface area (Å²) in [6, 6.07) is 13.0. The van der Waals surface area contributed by atoms with Gasteiger partial charge in [0.15, 0.2) is 5.69 Å². The molecule has 1 aliphatic rings. The molecule has 0 saturated heterocycles. The number of aromatic nitrogens is 3. The van der Waals surface area contributed by atoms with Crippen LogP contribution in [0, 0.1) is 17.1 Å². The summed E-state index contributed by atoms with van der Waals surface area (Å²) in [5.41, 5.74) is 1.80. The molecular formula is C21H16FN5O2S. The van der Waals surface area contributed by atoms with Crippen LogP contribution in [0.2, 0.25) is 0 Å². The number of rotatable bonds is 3. The summed E-state index contributed by atoms with van der Waals surface area (Å²) in [4.78, 5) is 18.5. The van der Waals surface area contributed by atoms with E-state index in [9.17, 15) is 14.4 Å². The quantitative estimate of drug-likeness (QED) is 0.588. The van der Waals surface area contributed by atoms with Crippen molar-refractivity contribution in [3.05, 3.63) is 59.4 Å². The van der Waals surface area contributed by atoms with E-state index < -0.39 is 12.0 Å². The monoisotopic (exact) mass is 421 g/mol. The van der Waals surface area contributed by atoms with Crippen molar-refractivity contribution in [2.45, 2.75) is 25.2 Å². The number of thioether (sulfide) groups is 1. The molecule has 30 heavy (non-hydrogen) atoms. The Morgan fingerprint density at radius 3 is 2.83 bits per heavy atom. The van der Waals surface area contributed by atoms with E-state index in [4.69, 9.17) is 4.74 Å². The van der Waals surface area contributed by atoms with Gasteiger partial charge in [-0.15, -0.1) is 10.2 Å². The molecule has 2 aromatic carbocycles. The summed E-state index contributed by atoms with van der Waals surface area (Å²) in [7, 11) is 0. The van der Waals surface area contributed by atoms with E-state index in [1.807, 2.05) is 6.92 Å². The zero-order valence-corrected chi connectivity index (χ0v) is 17.0. The molecule has 0 bridgehead atoms. The van der Waals surface area contributed by atoms with Crippen molar-refractivity contribution in [3.63, 3.8) is 0 Å². The SMILES string of the molecule is CCSc1nnc2c(n1)O[C@@H](c1ccccc1C#N)N(C(C)=O)c1ccc(F)cc1-2. The zero-order chi connectivity index (χ0) is 21.3. The van der Waals surface area contributed by atoms with E-state index >= 15 is 0 Å². The second-order valence-electron chi connectivity index (χ2n) is 6.40. The summed E-state index contributed by atoms with van der Waals surface area (Å²) in [5, 5.41) is 18.3. The number of hydrogen-bond donors (Lipinski definition) is 0. The highest BCUT2D eigenvalue weighted by atomic mass is 32.2. The van der Waals surface area contributed by atoms with Gasteiger partial charge in [-0.3, -0.25) is 9.69 Å². The molecule has 0 spiro atoms. The Labute approximate surface area is 176 Å². The fourth-order valence-electron chi connectivity index (χ4n) is 3.28. The molecule has 150 valence electrons. The van der Waals surface area contributed by atoms with Gasteiger partial charge in [0.1, 0.15) is 5.82 Å². The highest BCUT2D eigenvalue weighted by Crippen LogP contribution is 2.44. The average molecular weight is 421 g/mol. The number of benzene rings is 2. The number of carbonyl (C=O) groups is 1. The predicted molar refractivity (Wildman–Crippen MR) is 109 cm³/mol. The minimum Gasteiger partial charge on any atom is -0.447 e. The molecule has 0 N–H and O–H groups in total. The maximum absolute atomic E-state index is 14.1. The van der Waals surface area contributed by atoms with Gasteiger partial charge in [-0.05, 0) is 30.0 Å². The van der Waals surface area contributed by atoms with Crippen molar-refractivity contribution in [1.82, 2.24) is 15.2 Å². The number of ether oxygens (including phenoxy) is 1. The molecule has 0 aliphatic carbocycles. The van der Waals surface area contributed by atoms with Crippen LogP contribution in [0.5, 0.6) is 5.88 Å². The molecule has 0 radical (unpaired) electrons. The molecule has 1 amide bonds. The van der Waals surface area contributed by atoms with E-state index in [0.717, 1.165) is 5.75 Å². The lowest BCUT2D eigenvalue weighted by atomic mass is 10.0. The van der Waals surface area contributed by atoms with Crippen molar-refractivity contribution in [1.29, 1.82) is 5.26 Å². The maximum Gasteiger partial charge on any atom is 0.247 e. The first-order valence-corrected chi connectivity index (χ1v) is 10.1. The van der Waals surface area contributed by atoms with Crippen molar-refractivity contribution < 1.29 is 13.9 Å². The van der Waals surface area contributed by atoms with Crippen LogP contribution >= 0.6 is 11.8 Å². The standard InChI is InChI=1S/C21H16FN5O2S/c1-3-30-21-24-19-18(25-26-21)16-10-14(22)8-9-17(16)27(12(2)28)20(29-19)15-7-5-4-6-13(15)11-23/h4-10,20H,3H2,1-2H3/t20-/m0/s1. The van der Waals surface area contributed by atoms with Crippen LogP contribution in [0.3, 0.4) is 0 Å². The Balaban J connectivity index is 2.01. The van der Waals surface area contributed by atoms with Crippen LogP contribution in [0.15, 0.2) is 47.6 Å². The Kier molecular flexibility index (Phi) is 5.33. The van der Waals surface area contributed by atoms with Crippen LogP contribution in [-0.2, 0) is 4.79 Å². The molecule has 9 heteroatoms. The minimum absolute atomic E-state index is 0.120. The van der Waals surface area contributed by atoms with E-state index in [2.05, 4.69) is 21.3 Å². The maximum atomic E-state index is 14.1. The Hall–Kier alpha value is -3.51. The number of nitriles is 1. The number of amides is 1. The van der Waals surface area contributed by atoms with Gasteiger partial charge in [-0.25, -0.2) is 4.39 Å². The smallest absolute Gasteiger partial charge is 0.247 e. The van der Waals surface area contributed by atoms with E-state index in [1.165, 1.54) is 41.8 Å². The fraction of sp³-hybridized carbons (Fsp3) is 0.190. The number of anilines is 1. The first-order chi connectivity index (χ1) is 14.5. The first-order valence-electron chi connectivity index (χ1n) is 9.16. The van der Waals surface area contributed by atoms with Gasteiger partial charge >= 0.3 is 0 Å². The highest BCUT2D eigenvalue weighted by Gasteiger charge is 2.36. The fourth-order valence-corrected chi connectivity index (χ4v) is 3.79. The first kappa shape index (κ1) is 19.8. The lowest BCUT2D eigenvalue weighted by Gasteiger charge is -2.30. The van der Waals surface area contributed by atoms with Crippen LogP contribution in [0.25, 0.3) is 11.3 Å². The molecule has 0 unspecified atom stereocenters. The summed E-state index contributed by atoms with van der Waals surface area (Å²) >= 11 is 1.38. The van der Waals surface area contributed by atoms with E-state index in [0.29, 0.717) is 27.5 Å². The number of carbonyl (C=O) groups excluding carboxylic acids is 1. The third-order valence-corrected chi connectivity index (χ3v) is 5.25. The lowest BCUT2D eigenvalue weighted by molar-refractivity contribution is -0.118. The van der Waals surface area contributed by atoms with Gasteiger partial charge in [0.2, 0.25) is 23.2 Å². The molecule has 0 fully saturated rings. The molecular weight excluding hydrogens is 405 g/mol. The topological polar surface area (TPSA) is 92.0 Å². The third-order valence-electron chi connectivity index (χ3n) is 4.53. The molecule has 1 atom stereocenters. The van der Waals surface area contributed by atoms with Crippen molar-refractivity contribution in [2.75, 3.05) is 10.7 Å². The molecule has 0 saturated carbocycles. The lowest BCUT2D eigenvalue weighted by Crippen LogP contribution is -2.36. The van der Waals surface area contributed by atoms with Gasteiger partial charge in [0.05, 0.1) is 17.3 Å². The summed E-state index contributed by atoms with van der Waals surface area (Å²) < 4.78 is 20.3. The zero-order valence-electron chi connectivity index (χ0n) is 16.2. The number of nitrogens with zero attached hydrogens (tertiary/aromatic N) is 5. The van der Waals surface area contributed by atoms with Crippen LogP contribution < -0.4 is 9.64 Å².